The summed E-state index contributed by atoms with van der Waals surface area (Å²) < 4.78 is 13.4. The minimum Gasteiger partial charge on any atom is -0.497 e. The van der Waals surface area contributed by atoms with Gasteiger partial charge in [-0.3, -0.25) is 18.6 Å². The van der Waals surface area contributed by atoms with E-state index in [1.54, 1.807) is 66.6 Å². The van der Waals surface area contributed by atoms with Crippen LogP contribution in [0.25, 0.3) is 11.3 Å². The summed E-state index contributed by atoms with van der Waals surface area (Å²) in [6.07, 6.45) is 5.51. The van der Waals surface area contributed by atoms with Crippen LogP contribution in [0.4, 0.5) is 0 Å². The summed E-state index contributed by atoms with van der Waals surface area (Å²) in [6.45, 7) is 0.332. The molecule has 0 atom stereocenters. The quantitative estimate of drug-likeness (QED) is 0.513. The summed E-state index contributed by atoms with van der Waals surface area (Å²) in [5.41, 5.74) is 0.605. The predicted molar refractivity (Wildman–Crippen MR) is 104 cm³/mol. The molecule has 0 bridgehead atoms. The number of carbonyl (C=O) groups excluding carboxylic acids is 1. The number of carbonyl (C=O) groups is 1. The average molecular weight is 393 g/mol. The SMILES string of the molecule is COc1ccc(-n2ccn3c(CCC(=O)NCc4ccco4)nnc3c2=O)cc1. The number of nitrogens with zero attached hydrogens (tertiary/aromatic N) is 4. The molecule has 3 aromatic heterocycles. The number of aryl methyl sites for hydroxylation is 1. The van der Waals surface area contributed by atoms with Crippen LogP contribution in [-0.2, 0) is 17.8 Å². The molecule has 29 heavy (non-hydrogen) atoms. The zero-order valence-electron chi connectivity index (χ0n) is 15.7. The van der Waals surface area contributed by atoms with Crippen molar-refractivity contribution in [3.05, 3.63) is 77.0 Å². The van der Waals surface area contributed by atoms with Gasteiger partial charge < -0.3 is 14.5 Å². The molecule has 0 unspecified atom stereocenters. The van der Waals surface area contributed by atoms with E-state index in [9.17, 15) is 9.59 Å². The summed E-state index contributed by atoms with van der Waals surface area (Å²) in [5.74, 6) is 1.81. The molecule has 0 aliphatic carbocycles. The maximum absolute atomic E-state index is 12.8. The van der Waals surface area contributed by atoms with Crippen LogP contribution in [0.15, 0.2) is 64.3 Å². The Balaban J connectivity index is 1.48. The molecule has 0 saturated heterocycles. The van der Waals surface area contributed by atoms with E-state index in [1.165, 1.54) is 4.57 Å². The lowest BCUT2D eigenvalue weighted by Gasteiger charge is -2.07. The highest BCUT2D eigenvalue weighted by atomic mass is 16.5. The van der Waals surface area contributed by atoms with Gasteiger partial charge in [0.1, 0.15) is 17.3 Å². The van der Waals surface area contributed by atoms with Crippen LogP contribution in [0.5, 0.6) is 5.75 Å². The first-order valence-corrected chi connectivity index (χ1v) is 9.04. The monoisotopic (exact) mass is 393 g/mol. The lowest BCUT2D eigenvalue weighted by molar-refractivity contribution is -0.121. The minimum atomic E-state index is -0.293. The number of amides is 1. The average Bonchev–Trinajstić information content (AvgIpc) is 3.41. The predicted octanol–water partition coefficient (Wildman–Crippen LogP) is 1.73. The molecule has 0 aliphatic heterocycles. The van der Waals surface area contributed by atoms with E-state index in [0.717, 1.165) is 0 Å². The van der Waals surface area contributed by atoms with E-state index in [-0.39, 0.29) is 23.5 Å². The lowest BCUT2D eigenvalue weighted by atomic mass is 10.2. The smallest absolute Gasteiger partial charge is 0.300 e. The first-order valence-electron chi connectivity index (χ1n) is 9.04. The van der Waals surface area contributed by atoms with Crippen molar-refractivity contribution >= 4 is 11.6 Å². The van der Waals surface area contributed by atoms with Gasteiger partial charge in [0.25, 0.3) is 0 Å². The summed E-state index contributed by atoms with van der Waals surface area (Å²) in [5, 5.41) is 10.9. The first kappa shape index (κ1) is 18.5. The summed E-state index contributed by atoms with van der Waals surface area (Å²) >= 11 is 0. The molecule has 4 rings (SSSR count). The molecule has 0 aliphatic rings. The maximum Gasteiger partial charge on any atom is 0.300 e. The molecule has 9 nitrogen and oxygen atoms in total. The van der Waals surface area contributed by atoms with E-state index in [1.807, 2.05) is 0 Å². The van der Waals surface area contributed by atoms with Gasteiger partial charge in [0.05, 0.1) is 19.9 Å². The second kappa shape index (κ2) is 8.01. The highest BCUT2D eigenvalue weighted by Crippen LogP contribution is 2.14. The molecule has 4 aromatic rings. The molecule has 1 N–H and O–H groups in total. The van der Waals surface area contributed by atoms with Crippen molar-refractivity contribution in [2.45, 2.75) is 19.4 Å². The number of rotatable bonds is 7. The van der Waals surface area contributed by atoms with Crippen LogP contribution in [0.3, 0.4) is 0 Å². The van der Waals surface area contributed by atoms with Crippen molar-refractivity contribution in [1.82, 2.24) is 24.5 Å². The Morgan fingerprint density at radius 1 is 1.17 bits per heavy atom. The normalized spacial score (nSPS) is 10.9. The number of fused-ring (bicyclic) bond motifs is 1. The maximum atomic E-state index is 12.8. The van der Waals surface area contributed by atoms with Crippen LogP contribution >= 0.6 is 0 Å². The Kier molecular flexibility index (Phi) is 5.10. The third-order valence-electron chi connectivity index (χ3n) is 4.51. The van der Waals surface area contributed by atoms with E-state index in [2.05, 4.69) is 15.5 Å². The molecule has 3 heterocycles. The molecule has 9 heteroatoms. The van der Waals surface area contributed by atoms with Crippen LogP contribution in [0, 0.1) is 0 Å². The van der Waals surface area contributed by atoms with Gasteiger partial charge in [0.2, 0.25) is 11.6 Å². The van der Waals surface area contributed by atoms with Gasteiger partial charge in [-0.2, -0.15) is 0 Å². The fourth-order valence-corrected chi connectivity index (χ4v) is 2.96. The zero-order chi connectivity index (χ0) is 20.2. The topological polar surface area (TPSA) is 104 Å². The number of ether oxygens (including phenoxy) is 1. The standard InChI is InChI=1S/C20H19N5O4/c1-28-15-6-4-14(5-7-15)24-10-11-25-17(22-23-19(25)20(24)27)8-9-18(26)21-13-16-3-2-12-29-16/h2-7,10-12H,8-9,13H2,1H3,(H,21,26). The van der Waals surface area contributed by atoms with Crippen molar-refractivity contribution in [3.63, 3.8) is 0 Å². The number of benzene rings is 1. The molecule has 0 radical (unpaired) electrons. The molecule has 1 amide bonds. The third-order valence-corrected chi connectivity index (χ3v) is 4.51. The van der Waals surface area contributed by atoms with Gasteiger partial charge >= 0.3 is 5.56 Å². The molecule has 1 aromatic carbocycles. The van der Waals surface area contributed by atoms with E-state index < -0.39 is 0 Å². The summed E-state index contributed by atoms with van der Waals surface area (Å²) in [6, 6.07) is 10.7. The van der Waals surface area contributed by atoms with Gasteiger partial charge in [-0.15, -0.1) is 10.2 Å². The Hall–Kier alpha value is -3.88. The second-order valence-electron chi connectivity index (χ2n) is 6.34. The van der Waals surface area contributed by atoms with Crippen LogP contribution in [0.1, 0.15) is 18.0 Å². The van der Waals surface area contributed by atoms with E-state index in [4.69, 9.17) is 9.15 Å². The third kappa shape index (κ3) is 3.88. The Labute approximate surface area is 165 Å². The fourth-order valence-electron chi connectivity index (χ4n) is 2.96. The Morgan fingerprint density at radius 3 is 2.72 bits per heavy atom. The lowest BCUT2D eigenvalue weighted by Crippen LogP contribution is -2.23. The number of aromatic nitrogens is 4. The zero-order valence-corrected chi connectivity index (χ0v) is 15.7. The van der Waals surface area contributed by atoms with Crippen molar-refractivity contribution < 1.29 is 13.9 Å². The van der Waals surface area contributed by atoms with Crippen molar-refractivity contribution in [2.75, 3.05) is 7.11 Å². The van der Waals surface area contributed by atoms with Gasteiger partial charge in [0.15, 0.2) is 0 Å². The number of furan rings is 1. The molecular formula is C20H19N5O4. The van der Waals surface area contributed by atoms with Crippen LogP contribution < -0.4 is 15.6 Å². The molecule has 0 spiro atoms. The highest BCUT2D eigenvalue weighted by Gasteiger charge is 2.13. The van der Waals surface area contributed by atoms with Gasteiger partial charge in [-0.25, -0.2) is 0 Å². The second-order valence-corrected chi connectivity index (χ2v) is 6.34. The molecule has 0 saturated carbocycles. The molecule has 148 valence electrons. The van der Waals surface area contributed by atoms with Crippen molar-refractivity contribution in [2.24, 2.45) is 0 Å². The van der Waals surface area contributed by atoms with Crippen molar-refractivity contribution in [1.29, 1.82) is 0 Å². The highest BCUT2D eigenvalue weighted by molar-refractivity contribution is 5.76. The fraction of sp³-hybridized carbons (Fsp3) is 0.200. The van der Waals surface area contributed by atoms with Gasteiger partial charge in [-0.05, 0) is 36.4 Å². The number of hydrogen-bond acceptors (Lipinski definition) is 6. The van der Waals surface area contributed by atoms with Crippen molar-refractivity contribution in [3.8, 4) is 11.4 Å². The van der Waals surface area contributed by atoms with Gasteiger partial charge in [-0.1, -0.05) is 0 Å². The number of methoxy groups -OCH3 is 1. The number of nitrogens with one attached hydrogen (secondary N) is 1. The van der Waals surface area contributed by atoms with E-state index >= 15 is 0 Å². The Morgan fingerprint density at radius 2 is 2.00 bits per heavy atom. The first-order chi connectivity index (χ1) is 14.2. The van der Waals surface area contributed by atoms with Gasteiger partial charge in [0, 0.05) is 30.9 Å². The largest absolute Gasteiger partial charge is 0.497 e. The van der Waals surface area contributed by atoms with E-state index in [0.29, 0.717) is 36.0 Å². The Bertz CT molecular complexity index is 1180. The minimum absolute atomic E-state index is 0.135. The molecular weight excluding hydrogens is 374 g/mol. The molecule has 0 fully saturated rings. The summed E-state index contributed by atoms with van der Waals surface area (Å²) in [4.78, 5) is 24.8. The number of hydrogen-bond donors (Lipinski definition) is 1. The summed E-state index contributed by atoms with van der Waals surface area (Å²) in [7, 11) is 1.59. The van der Waals surface area contributed by atoms with Crippen LogP contribution in [0.2, 0.25) is 0 Å². The van der Waals surface area contributed by atoms with Crippen LogP contribution in [-0.4, -0.2) is 32.2 Å².